The van der Waals surface area contributed by atoms with Gasteiger partial charge in [0.25, 0.3) is 0 Å². The van der Waals surface area contributed by atoms with Gasteiger partial charge in [-0.15, -0.1) is 0 Å². The van der Waals surface area contributed by atoms with Crippen LogP contribution < -0.4 is 4.74 Å². The lowest BCUT2D eigenvalue weighted by Crippen LogP contribution is -2.04. The summed E-state index contributed by atoms with van der Waals surface area (Å²) in [6.07, 6.45) is 0.851. The van der Waals surface area contributed by atoms with Crippen LogP contribution in [0.4, 0.5) is 10.1 Å². The van der Waals surface area contributed by atoms with Gasteiger partial charge in [0.1, 0.15) is 16.5 Å². The van der Waals surface area contributed by atoms with Gasteiger partial charge in [-0.25, -0.2) is 12.8 Å². The molecule has 2 rings (SSSR count). The summed E-state index contributed by atoms with van der Waals surface area (Å²) < 4.78 is 41.6. The molecule has 116 valence electrons. The van der Waals surface area contributed by atoms with E-state index in [4.69, 9.17) is 16.3 Å². The van der Waals surface area contributed by atoms with Crippen LogP contribution >= 0.6 is 11.6 Å². The first kappa shape index (κ1) is 16.2. The minimum absolute atomic E-state index is 0.0307. The van der Waals surface area contributed by atoms with E-state index < -0.39 is 31.2 Å². The molecule has 0 spiro atoms. The van der Waals surface area contributed by atoms with Crippen molar-refractivity contribution in [2.75, 3.05) is 6.26 Å². The largest absolute Gasteiger partial charge is 0.449 e. The number of nitro benzene ring substituents is 1. The number of hydrogen-bond donors (Lipinski definition) is 0. The number of nitrogens with zero attached hydrogens (tertiary/aromatic N) is 1. The summed E-state index contributed by atoms with van der Waals surface area (Å²) in [5, 5.41) is 11.1. The first-order chi connectivity index (χ1) is 10.2. The molecule has 0 aliphatic heterocycles. The van der Waals surface area contributed by atoms with E-state index in [1.165, 1.54) is 18.2 Å². The molecule has 2 aromatic carbocycles. The van der Waals surface area contributed by atoms with Crippen molar-refractivity contribution < 1.29 is 22.5 Å². The average molecular weight is 346 g/mol. The summed E-state index contributed by atoms with van der Waals surface area (Å²) in [5.74, 6) is -0.935. The molecule has 0 atom stereocenters. The van der Waals surface area contributed by atoms with Crippen LogP contribution in [0.1, 0.15) is 0 Å². The average Bonchev–Trinajstić information content (AvgIpc) is 2.40. The molecule has 6 nitrogen and oxygen atoms in total. The number of ether oxygens (including phenoxy) is 1. The molecule has 22 heavy (non-hydrogen) atoms. The van der Waals surface area contributed by atoms with E-state index in [9.17, 15) is 22.9 Å². The molecular weight excluding hydrogens is 337 g/mol. The third kappa shape index (κ3) is 3.34. The fourth-order valence-corrected chi connectivity index (χ4v) is 2.80. The van der Waals surface area contributed by atoms with E-state index in [0.29, 0.717) is 0 Å². The van der Waals surface area contributed by atoms with Crippen LogP contribution in [0.2, 0.25) is 5.02 Å². The second kappa shape index (κ2) is 5.90. The van der Waals surface area contributed by atoms with Crippen molar-refractivity contribution in [1.29, 1.82) is 0 Å². The van der Waals surface area contributed by atoms with E-state index in [0.717, 1.165) is 24.5 Å². The van der Waals surface area contributed by atoms with Crippen molar-refractivity contribution in [3.63, 3.8) is 0 Å². The van der Waals surface area contributed by atoms with E-state index in [1.54, 1.807) is 0 Å². The zero-order valence-electron chi connectivity index (χ0n) is 11.1. The number of halogens is 2. The molecule has 0 N–H and O–H groups in total. The smallest absolute Gasteiger partial charge is 0.330 e. The van der Waals surface area contributed by atoms with Crippen molar-refractivity contribution >= 4 is 27.1 Å². The fraction of sp³-hybridized carbons (Fsp3) is 0.0769. The van der Waals surface area contributed by atoms with Gasteiger partial charge in [0.15, 0.2) is 9.84 Å². The first-order valence-electron chi connectivity index (χ1n) is 5.80. The zero-order chi connectivity index (χ0) is 16.5. The highest BCUT2D eigenvalue weighted by Gasteiger charge is 2.27. The van der Waals surface area contributed by atoms with E-state index in [-0.39, 0.29) is 16.5 Å². The topological polar surface area (TPSA) is 86.5 Å². The lowest BCUT2D eigenvalue weighted by molar-refractivity contribution is -0.388. The summed E-state index contributed by atoms with van der Waals surface area (Å²) >= 11 is 5.79. The highest BCUT2D eigenvalue weighted by atomic mass is 35.5. The molecule has 0 saturated heterocycles. The van der Waals surface area contributed by atoms with E-state index in [1.807, 2.05) is 0 Å². The van der Waals surface area contributed by atoms with Crippen LogP contribution in [0.15, 0.2) is 41.3 Å². The van der Waals surface area contributed by atoms with Gasteiger partial charge in [0.05, 0.1) is 9.95 Å². The van der Waals surface area contributed by atoms with Gasteiger partial charge >= 0.3 is 5.69 Å². The molecule has 9 heteroatoms. The van der Waals surface area contributed by atoms with Crippen LogP contribution in [0.3, 0.4) is 0 Å². The van der Waals surface area contributed by atoms with E-state index in [2.05, 4.69) is 0 Å². The lowest BCUT2D eigenvalue weighted by Gasteiger charge is -2.09. The molecule has 0 aromatic heterocycles. The van der Waals surface area contributed by atoms with Crippen LogP contribution in [-0.4, -0.2) is 19.6 Å². The maximum Gasteiger partial charge on any atom is 0.330 e. The molecule has 0 radical (unpaired) electrons. The Balaban J connectivity index is 2.59. The molecular formula is C13H9ClFNO5S. The van der Waals surface area contributed by atoms with Gasteiger partial charge in [-0.3, -0.25) is 10.1 Å². The van der Waals surface area contributed by atoms with Gasteiger partial charge in [-0.1, -0.05) is 17.7 Å². The molecule has 0 amide bonds. The van der Waals surface area contributed by atoms with Crippen molar-refractivity contribution in [3.05, 3.63) is 57.4 Å². The van der Waals surface area contributed by atoms with Crippen LogP contribution in [0.5, 0.6) is 11.5 Å². The van der Waals surface area contributed by atoms with Crippen molar-refractivity contribution in [2.45, 2.75) is 4.90 Å². The predicted octanol–water partition coefficient (Wildman–Crippen LogP) is 3.58. The normalized spacial score (nSPS) is 11.2. The number of hydrogen-bond acceptors (Lipinski definition) is 5. The van der Waals surface area contributed by atoms with E-state index >= 15 is 0 Å². The third-order valence-electron chi connectivity index (χ3n) is 2.66. The molecule has 0 bridgehead atoms. The lowest BCUT2D eigenvalue weighted by atomic mass is 10.3. The van der Waals surface area contributed by atoms with Gasteiger partial charge in [-0.05, 0) is 30.3 Å². The zero-order valence-corrected chi connectivity index (χ0v) is 12.7. The molecule has 0 aliphatic carbocycles. The minimum atomic E-state index is -3.82. The monoisotopic (exact) mass is 345 g/mol. The Morgan fingerprint density at radius 1 is 1.23 bits per heavy atom. The van der Waals surface area contributed by atoms with Gasteiger partial charge in [0.2, 0.25) is 5.75 Å². The molecule has 0 heterocycles. The Morgan fingerprint density at radius 2 is 1.91 bits per heavy atom. The number of sulfone groups is 1. The minimum Gasteiger partial charge on any atom is -0.449 e. The standard InChI is InChI=1S/C13H9ClFNO5S/c1-22(19,20)12-4-2-3-11(13(12)16(17)18)21-10-6-5-8(15)7-9(10)14/h2-7H,1H3. The predicted molar refractivity (Wildman–Crippen MR) is 77.7 cm³/mol. The van der Waals surface area contributed by atoms with Crippen LogP contribution in [-0.2, 0) is 9.84 Å². The maximum atomic E-state index is 13.0. The Kier molecular flexibility index (Phi) is 4.34. The third-order valence-corrected chi connectivity index (χ3v) is 4.08. The number of nitro groups is 1. The highest BCUT2D eigenvalue weighted by molar-refractivity contribution is 7.90. The van der Waals surface area contributed by atoms with Crippen LogP contribution in [0, 0.1) is 15.9 Å². The molecule has 0 saturated carbocycles. The van der Waals surface area contributed by atoms with Gasteiger partial charge < -0.3 is 4.74 Å². The summed E-state index contributed by atoms with van der Waals surface area (Å²) in [4.78, 5) is 9.85. The molecule has 0 fully saturated rings. The van der Waals surface area contributed by atoms with Crippen LogP contribution in [0.25, 0.3) is 0 Å². The molecule has 2 aromatic rings. The molecule has 0 aliphatic rings. The number of benzene rings is 2. The number of para-hydroxylation sites is 1. The number of rotatable bonds is 4. The van der Waals surface area contributed by atoms with Gasteiger partial charge in [-0.2, -0.15) is 0 Å². The second-order valence-electron chi connectivity index (χ2n) is 4.31. The Hall–Kier alpha value is -2.19. The highest BCUT2D eigenvalue weighted by Crippen LogP contribution is 2.38. The van der Waals surface area contributed by atoms with Crippen molar-refractivity contribution in [1.82, 2.24) is 0 Å². The van der Waals surface area contributed by atoms with Crippen molar-refractivity contribution in [2.24, 2.45) is 0 Å². The Morgan fingerprint density at radius 3 is 2.45 bits per heavy atom. The SMILES string of the molecule is CS(=O)(=O)c1cccc(Oc2ccc(F)cc2Cl)c1[N+](=O)[O-]. The first-order valence-corrected chi connectivity index (χ1v) is 8.07. The second-order valence-corrected chi connectivity index (χ2v) is 6.70. The summed E-state index contributed by atoms with van der Waals surface area (Å²) in [6, 6.07) is 6.86. The summed E-state index contributed by atoms with van der Waals surface area (Å²) in [6.45, 7) is 0. The fourth-order valence-electron chi connectivity index (χ4n) is 1.74. The van der Waals surface area contributed by atoms with Crippen molar-refractivity contribution in [3.8, 4) is 11.5 Å². The Bertz CT molecular complexity index is 854. The maximum absolute atomic E-state index is 13.0. The Labute approximate surface area is 130 Å². The summed E-state index contributed by atoms with van der Waals surface area (Å²) in [5.41, 5.74) is -0.703. The molecule has 0 unspecified atom stereocenters. The quantitative estimate of drug-likeness (QED) is 0.624. The summed E-state index contributed by atoms with van der Waals surface area (Å²) in [7, 11) is -3.82. The van der Waals surface area contributed by atoms with Gasteiger partial charge in [0, 0.05) is 6.26 Å².